The lowest BCUT2D eigenvalue weighted by molar-refractivity contribution is 0.00400. The van der Waals surface area contributed by atoms with Gasteiger partial charge in [0, 0.05) is 56.9 Å². The number of benzene rings is 1. The van der Waals surface area contributed by atoms with Crippen molar-refractivity contribution in [3.8, 4) is 0 Å². The Kier molecular flexibility index (Phi) is 7.70. The van der Waals surface area contributed by atoms with Crippen LogP contribution in [0.25, 0.3) is 0 Å². The molecule has 3 aromatic heterocycles. The summed E-state index contributed by atoms with van der Waals surface area (Å²) in [5.41, 5.74) is 0.571. The molecule has 0 bridgehead atoms. The molecule has 0 spiro atoms. The maximum Gasteiger partial charge on any atom is 0.232 e. The summed E-state index contributed by atoms with van der Waals surface area (Å²) in [4.78, 5) is 26.5. The molecule has 41 heavy (non-hydrogen) atoms. The second-order valence-corrected chi connectivity index (χ2v) is 10.5. The highest BCUT2D eigenvalue weighted by Gasteiger charge is 2.28. The molecule has 214 valence electrons. The molecular formula is C28H33FN10O2. The minimum absolute atomic E-state index is 0.207. The van der Waals surface area contributed by atoms with E-state index in [9.17, 15) is 9.50 Å². The van der Waals surface area contributed by atoms with Crippen LogP contribution in [0.2, 0.25) is 0 Å². The van der Waals surface area contributed by atoms with Crippen LogP contribution in [0.1, 0.15) is 37.3 Å². The number of hydrogen-bond acceptors (Lipinski definition) is 11. The Morgan fingerprint density at radius 2 is 1.68 bits per heavy atom. The highest BCUT2D eigenvalue weighted by molar-refractivity contribution is 5.51. The topological polar surface area (TPSA) is 130 Å². The fraction of sp³-hybridized carbons (Fsp3) is 0.429. The van der Waals surface area contributed by atoms with E-state index in [4.69, 9.17) is 4.74 Å². The van der Waals surface area contributed by atoms with Crippen LogP contribution >= 0.6 is 0 Å². The summed E-state index contributed by atoms with van der Waals surface area (Å²) in [6.07, 6.45) is 12.0. The van der Waals surface area contributed by atoms with Gasteiger partial charge in [0.1, 0.15) is 17.7 Å². The first-order chi connectivity index (χ1) is 19.9. The summed E-state index contributed by atoms with van der Waals surface area (Å²) < 4.78 is 21.0. The van der Waals surface area contributed by atoms with Gasteiger partial charge in [-0.2, -0.15) is 10.1 Å². The molecule has 0 amide bonds. The molecule has 5 heterocycles. The van der Waals surface area contributed by atoms with Gasteiger partial charge >= 0.3 is 0 Å². The maximum atomic E-state index is 13.3. The van der Waals surface area contributed by atoms with Gasteiger partial charge in [0.05, 0.1) is 24.5 Å². The average molecular weight is 561 g/mol. The molecule has 2 aliphatic rings. The lowest BCUT2D eigenvalue weighted by Crippen LogP contribution is -2.47. The number of aliphatic hydroxyl groups is 1. The maximum absolute atomic E-state index is 13.3. The molecule has 12 nitrogen and oxygen atoms in total. The molecule has 2 N–H and O–H groups in total. The van der Waals surface area contributed by atoms with E-state index in [1.165, 1.54) is 24.9 Å². The van der Waals surface area contributed by atoms with Crippen molar-refractivity contribution >= 4 is 23.5 Å². The van der Waals surface area contributed by atoms with Gasteiger partial charge in [0.2, 0.25) is 17.8 Å². The third-order valence-electron chi connectivity index (χ3n) is 7.57. The number of nitrogens with zero attached hydrogens (tertiary/aromatic N) is 9. The molecular weight excluding hydrogens is 527 g/mol. The highest BCUT2D eigenvalue weighted by Crippen LogP contribution is 2.29. The molecule has 2 atom stereocenters. The van der Waals surface area contributed by atoms with E-state index in [0.29, 0.717) is 55.2 Å². The number of aromatic nitrogens is 7. The van der Waals surface area contributed by atoms with Crippen LogP contribution in [0.3, 0.4) is 0 Å². The lowest BCUT2D eigenvalue weighted by Gasteiger charge is -2.34. The number of rotatable bonds is 8. The summed E-state index contributed by atoms with van der Waals surface area (Å²) in [5.74, 6) is 1.28. The molecule has 4 aromatic rings. The second kappa shape index (κ2) is 11.7. The third kappa shape index (κ3) is 6.25. The van der Waals surface area contributed by atoms with Gasteiger partial charge in [-0.05, 0) is 43.9 Å². The van der Waals surface area contributed by atoms with Crippen LogP contribution in [0.4, 0.5) is 27.9 Å². The van der Waals surface area contributed by atoms with Crippen molar-refractivity contribution < 1.29 is 14.2 Å². The zero-order chi connectivity index (χ0) is 28.2. The van der Waals surface area contributed by atoms with Crippen molar-refractivity contribution in [2.45, 2.75) is 44.4 Å². The molecule has 2 saturated heterocycles. The van der Waals surface area contributed by atoms with Gasteiger partial charge in [-0.1, -0.05) is 12.1 Å². The Balaban J connectivity index is 1.04. The first kappa shape index (κ1) is 27.0. The SMILES string of the molecule is C[C@](O)(c1ccc(F)cc1)c1cnc(N2CCN(c3ncnc(Nc4cnn(C[C@@H]5CCCCO5)c4)n3)CC2)nc1. The number of anilines is 4. The molecule has 0 radical (unpaired) electrons. The number of ether oxygens (including phenoxy) is 1. The molecule has 13 heteroatoms. The predicted octanol–water partition coefficient (Wildman–Crippen LogP) is 2.89. The third-order valence-corrected chi connectivity index (χ3v) is 7.57. The molecule has 0 saturated carbocycles. The van der Waals surface area contributed by atoms with E-state index in [2.05, 4.69) is 45.1 Å². The summed E-state index contributed by atoms with van der Waals surface area (Å²) in [7, 11) is 0. The van der Waals surface area contributed by atoms with Gasteiger partial charge in [-0.15, -0.1) is 0 Å². The van der Waals surface area contributed by atoms with Gasteiger partial charge < -0.3 is 25.0 Å². The summed E-state index contributed by atoms with van der Waals surface area (Å²) in [5, 5.41) is 18.7. The number of halogens is 1. The van der Waals surface area contributed by atoms with Gasteiger partial charge in [-0.3, -0.25) is 4.68 Å². The number of hydrogen-bond donors (Lipinski definition) is 2. The van der Waals surface area contributed by atoms with Crippen molar-refractivity contribution in [3.05, 3.63) is 72.3 Å². The first-order valence-electron chi connectivity index (χ1n) is 13.8. The predicted molar refractivity (Wildman–Crippen MR) is 150 cm³/mol. The molecule has 0 aliphatic carbocycles. The average Bonchev–Trinajstić information content (AvgIpc) is 3.44. The van der Waals surface area contributed by atoms with Crippen molar-refractivity contribution in [1.82, 2.24) is 34.7 Å². The smallest absolute Gasteiger partial charge is 0.232 e. The van der Waals surface area contributed by atoms with E-state index in [1.807, 2.05) is 10.9 Å². The fourth-order valence-electron chi connectivity index (χ4n) is 5.10. The van der Waals surface area contributed by atoms with Gasteiger partial charge in [-0.25, -0.2) is 24.3 Å². The zero-order valence-corrected chi connectivity index (χ0v) is 22.9. The van der Waals surface area contributed by atoms with E-state index < -0.39 is 5.60 Å². The van der Waals surface area contributed by atoms with Crippen LogP contribution in [-0.2, 0) is 16.9 Å². The Hall–Kier alpha value is -4.23. The minimum Gasteiger partial charge on any atom is -0.381 e. The first-order valence-corrected chi connectivity index (χ1v) is 13.8. The number of nitrogens with one attached hydrogen (secondary N) is 1. The van der Waals surface area contributed by atoms with Crippen molar-refractivity contribution in [1.29, 1.82) is 0 Å². The van der Waals surface area contributed by atoms with Crippen LogP contribution in [0.5, 0.6) is 0 Å². The minimum atomic E-state index is -1.34. The van der Waals surface area contributed by atoms with Crippen LogP contribution in [-0.4, -0.2) is 78.7 Å². The standard InChI is InChI=1S/C28H33FN10O2/c1-28(40,20-5-7-22(29)8-6-20)21-14-30-26(31-15-21)37-9-11-38(12-10-37)27-33-19-32-25(36-27)35-23-16-34-39(17-23)18-24-4-2-3-13-41-24/h5-8,14-17,19,24,40H,2-4,9-13,18H2,1H3,(H,32,33,35,36)/t24-,28-/m0/s1. The van der Waals surface area contributed by atoms with E-state index in [0.717, 1.165) is 31.7 Å². The zero-order valence-electron chi connectivity index (χ0n) is 22.9. The molecule has 6 rings (SSSR count). The summed E-state index contributed by atoms with van der Waals surface area (Å²) >= 11 is 0. The lowest BCUT2D eigenvalue weighted by atomic mass is 9.90. The van der Waals surface area contributed by atoms with E-state index in [-0.39, 0.29) is 11.9 Å². The fourth-order valence-corrected chi connectivity index (χ4v) is 5.10. The monoisotopic (exact) mass is 560 g/mol. The van der Waals surface area contributed by atoms with Crippen LogP contribution in [0, 0.1) is 5.82 Å². The Labute approximate surface area is 237 Å². The number of piperazine rings is 1. The normalized spacial score (nSPS) is 19.1. The summed E-state index contributed by atoms with van der Waals surface area (Å²) in [6.45, 7) is 5.92. The van der Waals surface area contributed by atoms with Gasteiger partial charge in [0.25, 0.3) is 0 Å². The molecule has 0 unspecified atom stereocenters. The quantitative estimate of drug-likeness (QED) is 0.330. The van der Waals surface area contributed by atoms with E-state index in [1.54, 1.807) is 37.6 Å². The Morgan fingerprint density at radius 3 is 2.39 bits per heavy atom. The van der Waals surface area contributed by atoms with E-state index >= 15 is 0 Å². The van der Waals surface area contributed by atoms with Crippen LogP contribution < -0.4 is 15.1 Å². The molecule has 2 aliphatic heterocycles. The second-order valence-electron chi connectivity index (χ2n) is 10.5. The highest BCUT2D eigenvalue weighted by atomic mass is 19.1. The molecule has 1 aromatic carbocycles. The van der Waals surface area contributed by atoms with Crippen LogP contribution in [0.15, 0.2) is 55.4 Å². The largest absolute Gasteiger partial charge is 0.381 e. The van der Waals surface area contributed by atoms with Crippen molar-refractivity contribution in [2.75, 3.05) is 47.9 Å². The van der Waals surface area contributed by atoms with Gasteiger partial charge in [0.15, 0.2) is 0 Å². The Morgan fingerprint density at radius 1 is 0.951 bits per heavy atom. The van der Waals surface area contributed by atoms with Crippen molar-refractivity contribution in [2.24, 2.45) is 0 Å². The molecule has 2 fully saturated rings. The Bertz CT molecular complexity index is 1430. The summed E-state index contributed by atoms with van der Waals surface area (Å²) in [6, 6.07) is 5.77. The van der Waals surface area contributed by atoms with Crippen molar-refractivity contribution in [3.63, 3.8) is 0 Å².